The minimum Gasteiger partial charge on any atom is -0.466 e. The summed E-state index contributed by atoms with van der Waals surface area (Å²) in [5.74, 6) is 0.942. The molecule has 1 heterocycles. The maximum atomic E-state index is 5.46. The largest absolute Gasteiger partial charge is 0.466 e. The smallest absolute Gasteiger partial charge is 0.134 e. The molecule has 0 radical (unpaired) electrons. The van der Waals surface area contributed by atoms with E-state index in [0.29, 0.717) is 0 Å². The molecule has 0 aliphatic rings. The summed E-state index contributed by atoms with van der Waals surface area (Å²) < 4.78 is 11.9. The SMILES string of the molecule is CCCOCCC(NC)c1occc1Br. The molecule has 0 saturated carbocycles. The van der Waals surface area contributed by atoms with Crippen molar-refractivity contribution < 1.29 is 9.15 Å². The van der Waals surface area contributed by atoms with Gasteiger partial charge in [0.25, 0.3) is 0 Å². The first-order valence-corrected chi connectivity index (χ1v) is 6.06. The van der Waals surface area contributed by atoms with Crippen molar-refractivity contribution in [1.29, 1.82) is 0 Å². The van der Waals surface area contributed by atoms with Crippen molar-refractivity contribution in [1.82, 2.24) is 5.32 Å². The summed E-state index contributed by atoms with van der Waals surface area (Å²) in [6, 6.07) is 2.12. The van der Waals surface area contributed by atoms with E-state index in [4.69, 9.17) is 9.15 Å². The number of hydrogen-bond donors (Lipinski definition) is 1. The lowest BCUT2D eigenvalue weighted by atomic mass is 10.1. The van der Waals surface area contributed by atoms with Crippen LogP contribution in [0.2, 0.25) is 0 Å². The maximum absolute atomic E-state index is 5.46. The van der Waals surface area contributed by atoms with Crippen molar-refractivity contribution in [2.45, 2.75) is 25.8 Å². The van der Waals surface area contributed by atoms with Crippen LogP contribution in [-0.4, -0.2) is 20.3 Å². The fourth-order valence-electron chi connectivity index (χ4n) is 1.41. The zero-order valence-corrected chi connectivity index (χ0v) is 10.8. The second-order valence-electron chi connectivity index (χ2n) is 3.38. The Morgan fingerprint density at radius 1 is 1.53 bits per heavy atom. The van der Waals surface area contributed by atoms with Crippen molar-refractivity contribution in [3.8, 4) is 0 Å². The zero-order valence-electron chi connectivity index (χ0n) is 9.25. The highest BCUT2D eigenvalue weighted by Crippen LogP contribution is 2.26. The molecule has 15 heavy (non-hydrogen) atoms. The van der Waals surface area contributed by atoms with E-state index in [-0.39, 0.29) is 6.04 Å². The molecular formula is C11H18BrNO2. The van der Waals surface area contributed by atoms with E-state index >= 15 is 0 Å². The van der Waals surface area contributed by atoms with Crippen LogP contribution in [0.3, 0.4) is 0 Å². The van der Waals surface area contributed by atoms with Crippen LogP contribution < -0.4 is 5.32 Å². The molecule has 0 bridgehead atoms. The zero-order chi connectivity index (χ0) is 11.1. The molecule has 0 aliphatic carbocycles. The number of rotatable bonds is 7. The molecule has 86 valence electrons. The number of hydrogen-bond acceptors (Lipinski definition) is 3. The third-order valence-corrected chi connectivity index (χ3v) is 2.86. The molecule has 1 aromatic rings. The van der Waals surface area contributed by atoms with Crippen LogP contribution in [0.1, 0.15) is 31.6 Å². The highest BCUT2D eigenvalue weighted by Gasteiger charge is 2.15. The van der Waals surface area contributed by atoms with Gasteiger partial charge in [-0.1, -0.05) is 6.92 Å². The Bertz CT molecular complexity index is 275. The molecule has 1 unspecified atom stereocenters. The van der Waals surface area contributed by atoms with Crippen molar-refractivity contribution in [2.24, 2.45) is 0 Å². The van der Waals surface area contributed by atoms with Crippen LogP contribution in [0.5, 0.6) is 0 Å². The Labute approximate surface area is 99.3 Å². The number of halogens is 1. The first-order valence-electron chi connectivity index (χ1n) is 5.27. The van der Waals surface area contributed by atoms with Crippen molar-refractivity contribution >= 4 is 15.9 Å². The second kappa shape index (κ2) is 7.04. The predicted octanol–water partition coefficient (Wildman–Crippen LogP) is 3.12. The summed E-state index contributed by atoms with van der Waals surface area (Å²) in [6.45, 7) is 3.70. The lowest BCUT2D eigenvalue weighted by Crippen LogP contribution is -2.18. The summed E-state index contributed by atoms with van der Waals surface area (Å²) in [7, 11) is 1.93. The third kappa shape index (κ3) is 3.97. The molecule has 3 nitrogen and oxygen atoms in total. The Morgan fingerprint density at radius 2 is 2.33 bits per heavy atom. The summed E-state index contributed by atoms with van der Waals surface area (Å²) in [5, 5.41) is 3.22. The van der Waals surface area contributed by atoms with Gasteiger partial charge in [-0.05, 0) is 41.9 Å². The summed E-state index contributed by atoms with van der Waals surface area (Å²) >= 11 is 3.46. The van der Waals surface area contributed by atoms with Gasteiger partial charge in [-0.15, -0.1) is 0 Å². The van der Waals surface area contributed by atoms with Gasteiger partial charge in [0.05, 0.1) is 16.8 Å². The van der Waals surface area contributed by atoms with E-state index in [1.165, 1.54) is 0 Å². The van der Waals surface area contributed by atoms with E-state index in [9.17, 15) is 0 Å². The lowest BCUT2D eigenvalue weighted by molar-refractivity contribution is 0.123. The predicted molar refractivity (Wildman–Crippen MR) is 63.9 cm³/mol. The molecule has 0 saturated heterocycles. The van der Waals surface area contributed by atoms with Gasteiger partial charge in [0.2, 0.25) is 0 Å². The van der Waals surface area contributed by atoms with E-state index in [0.717, 1.165) is 36.3 Å². The summed E-state index contributed by atoms with van der Waals surface area (Å²) in [5.41, 5.74) is 0. The van der Waals surface area contributed by atoms with Crippen molar-refractivity contribution in [3.63, 3.8) is 0 Å². The summed E-state index contributed by atoms with van der Waals surface area (Å²) in [4.78, 5) is 0. The van der Waals surface area contributed by atoms with Gasteiger partial charge in [-0.3, -0.25) is 0 Å². The van der Waals surface area contributed by atoms with Crippen LogP contribution in [0.15, 0.2) is 21.2 Å². The molecule has 0 aromatic carbocycles. The molecule has 4 heteroatoms. The van der Waals surface area contributed by atoms with Crippen molar-refractivity contribution in [2.75, 3.05) is 20.3 Å². The van der Waals surface area contributed by atoms with Gasteiger partial charge < -0.3 is 14.5 Å². The summed E-state index contributed by atoms with van der Waals surface area (Å²) in [6.07, 6.45) is 3.67. The number of furan rings is 1. The molecule has 1 N–H and O–H groups in total. The van der Waals surface area contributed by atoms with Crippen LogP contribution in [0, 0.1) is 0 Å². The van der Waals surface area contributed by atoms with Gasteiger partial charge in [-0.2, -0.15) is 0 Å². The van der Waals surface area contributed by atoms with E-state index in [1.54, 1.807) is 6.26 Å². The quantitative estimate of drug-likeness (QED) is 0.777. The van der Waals surface area contributed by atoms with Crippen LogP contribution >= 0.6 is 15.9 Å². The monoisotopic (exact) mass is 275 g/mol. The van der Waals surface area contributed by atoms with Crippen molar-refractivity contribution in [3.05, 3.63) is 22.6 Å². The lowest BCUT2D eigenvalue weighted by Gasteiger charge is -2.14. The highest BCUT2D eigenvalue weighted by atomic mass is 79.9. The molecule has 0 aliphatic heterocycles. The molecular weight excluding hydrogens is 258 g/mol. The Balaban J connectivity index is 2.39. The number of ether oxygens (including phenoxy) is 1. The van der Waals surface area contributed by atoms with Crippen LogP contribution in [-0.2, 0) is 4.74 Å². The number of nitrogens with one attached hydrogen (secondary N) is 1. The molecule has 0 spiro atoms. The van der Waals surface area contributed by atoms with Gasteiger partial charge in [-0.25, -0.2) is 0 Å². The topological polar surface area (TPSA) is 34.4 Å². The van der Waals surface area contributed by atoms with Gasteiger partial charge in [0, 0.05) is 13.2 Å². The molecule has 0 amide bonds. The Kier molecular flexibility index (Phi) is 5.98. The highest BCUT2D eigenvalue weighted by molar-refractivity contribution is 9.10. The average molecular weight is 276 g/mol. The first-order chi connectivity index (χ1) is 7.29. The minimum absolute atomic E-state index is 0.214. The average Bonchev–Trinajstić information content (AvgIpc) is 2.65. The third-order valence-electron chi connectivity index (χ3n) is 2.21. The van der Waals surface area contributed by atoms with Crippen LogP contribution in [0.4, 0.5) is 0 Å². The first kappa shape index (κ1) is 12.7. The Morgan fingerprint density at radius 3 is 2.87 bits per heavy atom. The molecule has 1 atom stereocenters. The minimum atomic E-state index is 0.214. The fourth-order valence-corrected chi connectivity index (χ4v) is 1.89. The Hall–Kier alpha value is -0.320. The molecule has 1 aromatic heterocycles. The van der Waals surface area contributed by atoms with Gasteiger partial charge in [0.15, 0.2) is 0 Å². The normalized spacial score (nSPS) is 13.0. The van der Waals surface area contributed by atoms with Crippen LogP contribution in [0.25, 0.3) is 0 Å². The van der Waals surface area contributed by atoms with E-state index < -0.39 is 0 Å². The standard InChI is InChI=1S/C11H18BrNO2/c1-3-6-14-7-5-10(13-2)11-9(12)4-8-15-11/h4,8,10,13H,3,5-7H2,1-2H3. The van der Waals surface area contributed by atoms with E-state index in [2.05, 4.69) is 28.2 Å². The molecule has 1 rings (SSSR count). The fraction of sp³-hybridized carbons (Fsp3) is 0.636. The maximum Gasteiger partial charge on any atom is 0.134 e. The van der Waals surface area contributed by atoms with Gasteiger partial charge in [0.1, 0.15) is 5.76 Å². The van der Waals surface area contributed by atoms with Gasteiger partial charge >= 0.3 is 0 Å². The second-order valence-corrected chi connectivity index (χ2v) is 4.23. The van der Waals surface area contributed by atoms with E-state index in [1.807, 2.05) is 13.1 Å². The molecule has 0 fully saturated rings.